The Hall–Kier alpha value is -2.27. The molecular weight excluding hydrogens is 308 g/mol. The highest BCUT2D eigenvalue weighted by atomic mass is 16.7. The summed E-state index contributed by atoms with van der Waals surface area (Å²) in [6.07, 6.45) is 5.88. The molecule has 1 saturated heterocycles. The fourth-order valence-corrected chi connectivity index (χ4v) is 2.82. The predicted octanol–water partition coefficient (Wildman–Crippen LogP) is 4.22. The van der Waals surface area contributed by atoms with E-state index in [-0.39, 0.29) is 12.3 Å². The number of furan rings is 1. The van der Waals surface area contributed by atoms with E-state index < -0.39 is 0 Å². The summed E-state index contributed by atoms with van der Waals surface area (Å²) in [5.41, 5.74) is 1.65. The molecule has 1 aliphatic heterocycles. The molecule has 2 heterocycles. The van der Waals surface area contributed by atoms with Crippen LogP contribution >= 0.6 is 0 Å². The quantitative estimate of drug-likeness (QED) is 0.607. The van der Waals surface area contributed by atoms with Gasteiger partial charge in [-0.3, -0.25) is 0 Å². The minimum atomic E-state index is -0.385. The van der Waals surface area contributed by atoms with Crippen LogP contribution in [-0.4, -0.2) is 25.5 Å². The SMILES string of the molecule is CCOC(=O)C=Cc1oc2cccc(OC3CCCCO3)c2c1C. The normalized spacial score (nSPS) is 18.2. The van der Waals surface area contributed by atoms with Gasteiger partial charge in [0.25, 0.3) is 0 Å². The fraction of sp³-hybridized carbons (Fsp3) is 0.421. The van der Waals surface area contributed by atoms with Crippen LogP contribution in [0.15, 0.2) is 28.7 Å². The van der Waals surface area contributed by atoms with E-state index in [1.165, 1.54) is 6.08 Å². The van der Waals surface area contributed by atoms with Gasteiger partial charge < -0.3 is 18.6 Å². The molecule has 24 heavy (non-hydrogen) atoms. The molecule has 0 aliphatic carbocycles. The lowest BCUT2D eigenvalue weighted by molar-refractivity contribution is -0.137. The van der Waals surface area contributed by atoms with E-state index in [0.29, 0.717) is 12.4 Å². The summed E-state index contributed by atoms with van der Waals surface area (Å²) >= 11 is 0. The third-order valence-electron chi connectivity index (χ3n) is 4.01. The molecule has 0 amide bonds. The first kappa shape index (κ1) is 16.6. The van der Waals surface area contributed by atoms with Gasteiger partial charge in [0, 0.05) is 18.1 Å². The van der Waals surface area contributed by atoms with Crippen LogP contribution in [0.5, 0.6) is 5.75 Å². The number of aryl methyl sites for hydroxylation is 1. The number of ether oxygens (including phenoxy) is 3. The Balaban J connectivity index is 1.87. The minimum Gasteiger partial charge on any atom is -0.464 e. The zero-order chi connectivity index (χ0) is 16.9. The number of rotatable bonds is 5. The molecule has 0 spiro atoms. The van der Waals surface area contributed by atoms with E-state index in [9.17, 15) is 4.79 Å². The second-order valence-corrected chi connectivity index (χ2v) is 5.72. The molecule has 1 unspecified atom stereocenters. The highest BCUT2D eigenvalue weighted by Gasteiger charge is 2.19. The lowest BCUT2D eigenvalue weighted by atomic mass is 10.1. The molecular formula is C19H22O5. The summed E-state index contributed by atoms with van der Waals surface area (Å²) in [4.78, 5) is 11.5. The summed E-state index contributed by atoms with van der Waals surface area (Å²) < 4.78 is 22.4. The van der Waals surface area contributed by atoms with Crippen LogP contribution in [0, 0.1) is 6.92 Å². The van der Waals surface area contributed by atoms with E-state index in [1.807, 2.05) is 25.1 Å². The van der Waals surface area contributed by atoms with E-state index >= 15 is 0 Å². The number of carbonyl (C=O) groups excluding carboxylic acids is 1. The van der Waals surface area contributed by atoms with Crippen LogP contribution in [0.2, 0.25) is 0 Å². The van der Waals surface area contributed by atoms with Crippen molar-refractivity contribution in [3.8, 4) is 5.75 Å². The Morgan fingerprint density at radius 3 is 3.00 bits per heavy atom. The maximum atomic E-state index is 11.5. The summed E-state index contributed by atoms with van der Waals surface area (Å²) in [5.74, 6) is 0.986. The van der Waals surface area contributed by atoms with Gasteiger partial charge >= 0.3 is 5.97 Å². The highest BCUT2D eigenvalue weighted by Crippen LogP contribution is 2.35. The lowest BCUT2D eigenvalue weighted by Gasteiger charge is -2.23. The van der Waals surface area contributed by atoms with Crippen LogP contribution in [0.4, 0.5) is 0 Å². The first-order valence-electron chi connectivity index (χ1n) is 8.34. The van der Waals surface area contributed by atoms with Crippen LogP contribution in [-0.2, 0) is 14.3 Å². The molecule has 1 aromatic heterocycles. The number of hydrogen-bond donors (Lipinski definition) is 0. The van der Waals surface area contributed by atoms with Gasteiger partial charge in [-0.25, -0.2) is 4.79 Å². The monoisotopic (exact) mass is 330 g/mol. The molecule has 0 N–H and O–H groups in total. The van der Waals surface area contributed by atoms with Gasteiger partial charge in [-0.1, -0.05) is 6.07 Å². The van der Waals surface area contributed by atoms with Crippen LogP contribution in [0.25, 0.3) is 17.0 Å². The average Bonchev–Trinajstić information content (AvgIpc) is 2.91. The van der Waals surface area contributed by atoms with Crippen molar-refractivity contribution in [3.05, 3.63) is 35.6 Å². The first-order valence-corrected chi connectivity index (χ1v) is 8.34. The van der Waals surface area contributed by atoms with Gasteiger partial charge in [-0.2, -0.15) is 0 Å². The molecule has 0 saturated carbocycles. The maximum absolute atomic E-state index is 11.5. The molecule has 3 rings (SSSR count). The van der Waals surface area contributed by atoms with Crippen molar-refractivity contribution in [2.75, 3.05) is 13.2 Å². The fourth-order valence-electron chi connectivity index (χ4n) is 2.82. The molecule has 5 heteroatoms. The van der Waals surface area contributed by atoms with Crippen LogP contribution in [0.3, 0.4) is 0 Å². The molecule has 128 valence electrons. The van der Waals surface area contributed by atoms with E-state index in [4.69, 9.17) is 18.6 Å². The van der Waals surface area contributed by atoms with E-state index in [1.54, 1.807) is 13.0 Å². The Labute approximate surface area is 141 Å². The molecule has 1 atom stereocenters. The van der Waals surface area contributed by atoms with Gasteiger partial charge in [-0.15, -0.1) is 0 Å². The topological polar surface area (TPSA) is 57.9 Å². The molecule has 5 nitrogen and oxygen atoms in total. The predicted molar refractivity (Wildman–Crippen MR) is 90.8 cm³/mol. The summed E-state index contributed by atoms with van der Waals surface area (Å²) in [5, 5.41) is 0.912. The smallest absolute Gasteiger partial charge is 0.330 e. The number of fused-ring (bicyclic) bond motifs is 1. The van der Waals surface area contributed by atoms with Gasteiger partial charge in [0.05, 0.1) is 18.6 Å². The zero-order valence-corrected chi connectivity index (χ0v) is 14.0. The number of esters is 1. The number of benzene rings is 1. The average molecular weight is 330 g/mol. The Kier molecular flexibility index (Phi) is 5.20. The van der Waals surface area contributed by atoms with Gasteiger partial charge in [-0.05, 0) is 44.9 Å². The summed E-state index contributed by atoms with van der Waals surface area (Å²) in [7, 11) is 0. The van der Waals surface area contributed by atoms with Crippen molar-refractivity contribution in [2.45, 2.75) is 39.4 Å². The van der Waals surface area contributed by atoms with Crippen LogP contribution in [0.1, 0.15) is 37.5 Å². The van der Waals surface area contributed by atoms with Gasteiger partial charge in [0.15, 0.2) is 6.29 Å². The molecule has 0 radical (unpaired) electrons. The maximum Gasteiger partial charge on any atom is 0.330 e. The van der Waals surface area contributed by atoms with Crippen molar-refractivity contribution in [2.24, 2.45) is 0 Å². The molecule has 1 aliphatic rings. The summed E-state index contributed by atoms with van der Waals surface area (Å²) in [6.45, 7) is 4.81. The minimum absolute atomic E-state index is 0.211. The van der Waals surface area contributed by atoms with Crippen molar-refractivity contribution < 1.29 is 23.4 Å². The standard InChI is InChI=1S/C19H22O5/c1-3-21-17(20)11-10-14-13(2)19-15(23-14)7-6-8-16(19)24-18-9-4-5-12-22-18/h6-8,10-11,18H,3-5,9,12H2,1-2H3. The van der Waals surface area contributed by atoms with Crippen molar-refractivity contribution in [3.63, 3.8) is 0 Å². The van der Waals surface area contributed by atoms with Gasteiger partial charge in [0.2, 0.25) is 0 Å². The van der Waals surface area contributed by atoms with Crippen molar-refractivity contribution in [1.29, 1.82) is 0 Å². The van der Waals surface area contributed by atoms with Crippen molar-refractivity contribution in [1.82, 2.24) is 0 Å². The Bertz CT molecular complexity index is 738. The molecule has 1 fully saturated rings. The third-order valence-corrected chi connectivity index (χ3v) is 4.01. The zero-order valence-electron chi connectivity index (χ0n) is 14.0. The molecule has 2 aromatic rings. The van der Waals surface area contributed by atoms with E-state index in [2.05, 4.69) is 0 Å². The number of hydrogen-bond acceptors (Lipinski definition) is 5. The van der Waals surface area contributed by atoms with E-state index in [0.717, 1.165) is 48.2 Å². The molecule has 1 aromatic carbocycles. The van der Waals surface area contributed by atoms with Gasteiger partial charge in [0.1, 0.15) is 17.1 Å². The third kappa shape index (κ3) is 3.62. The second-order valence-electron chi connectivity index (χ2n) is 5.72. The van der Waals surface area contributed by atoms with Crippen molar-refractivity contribution >= 4 is 23.0 Å². The van der Waals surface area contributed by atoms with Crippen LogP contribution < -0.4 is 4.74 Å². The molecule has 0 bridgehead atoms. The first-order chi connectivity index (χ1) is 11.7. The second kappa shape index (κ2) is 7.53. The Morgan fingerprint density at radius 1 is 1.38 bits per heavy atom. The number of carbonyl (C=O) groups is 1. The highest BCUT2D eigenvalue weighted by molar-refractivity contribution is 5.92. The largest absolute Gasteiger partial charge is 0.464 e. The lowest BCUT2D eigenvalue weighted by Crippen LogP contribution is -2.25. The summed E-state index contributed by atoms with van der Waals surface area (Å²) in [6, 6.07) is 5.70. The Morgan fingerprint density at radius 2 is 2.25 bits per heavy atom.